The monoisotopic (exact) mass is 269 g/mol. The summed E-state index contributed by atoms with van der Waals surface area (Å²) in [5.41, 5.74) is 0.00799. The van der Waals surface area contributed by atoms with Crippen LogP contribution in [0.1, 0.15) is 26.7 Å². The molecule has 2 aliphatic heterocycles. The number of rotatable bonds is 4. The van der Waals surface area contributed by atoms with Gasteiger partial charge in [-0.15, -0.1) is 0 Å². The summed E-state index contributed by atoms with van der Waals surface area (Å²) < 4.78 is 5.97. The van der Waals surface area contributed by atoms with Crippen LogP contribution in [0.2, 0.25) is 0 Å². The van der Waals surface area contributed by atoms with Gasteiger partial charge in [-0.1, -0.05) is 0 Å². The molecule has 1 atom stereocenters. The van der Waals surface area contributed by atoms with Gasteiger partial charge < -0.3 is 15.0 Å². The second-order valence-corrected chi connectivity index (χ2v) is 6.37. The van der Waals surface area contributed by atoms with Gasteiger partial charge in [0.05, 0.1) is 18.2 Å². The third-order valence-electron chi connectivity index (χ3n) is 3.94. The zero-order valence-corrected chi connectivity index (χ0v) is 12.4. The van der Waals surface area contributed by atoms with Crippen LogP contribution in [0.5, 0.6) is 0 Å². The Kier molecular flexibility index (Phi) is 4.81. The van der Waals surface area contributed by atoms with Gasteiger partial charge in [0.1, 0.15) is 0 Å². The van der Waals surface area contributed by atoms with E-state index in [9.17, 15) is 4.79 Å². The van der Waals surface area contributed by atoms with Crippen LogP contribution >= 0.6 is 0 Å². The third kappa shape index (κ3) is 4.44. The molecule has 110 valence electrons. The van der Waals surface area contributed by atoms with E-state index in [4.69, 9.17) is 4.74 Å². The molecule has 0 bridgehead atoms. The van der Waals surface area contributed by atoms with Crippen molar-refractivity contribution in [1.29, 1.82) is 0 Å². The van der Waals surface area contributed by atoms with Crippen LogP contribution in [0.15, 0.2) is 0 Å². The molecular weight excluding hydrogens is 242 g/mol. The van der Waals surface area contributed by atoms with E-state index in [1.54, 1.807) is 0 Å². The largest absolute Gasteiger partial charge is 0.371 e. The van der Waals surface area contributed by atoms with Crippen LogP contribution in [-0.4, -0.2) is 73.7 Å². The number of hydrogen-bond acceptors (Lipinski definition) is 4. The minimum atomic E-state index is 0.00799. The van der Waals surface area contributed by atoms with Gasteiger partial charge in [-0.3, -0.25) is 9.69 Å². The minimum Gasteiger partial charge on any atom is -0.371 e. The van der Waals surface area contributed by atoms with Gasteiger partial charge in [-0.2, -0.15) is 0 Å². The predicted octanol–water partition coefficient (Wildman–Crippen LogP) is 0.308. The van der Waals surface area contributed by atoms with Crippen molar-refractivity contribution in [3.8, 4) is 0 Å². The van der Waals surface area contributed by atoms with E-state index in [-0.39, 0.29) is 17.6 Å². The minimum absolute atomic E-state index is 0.00799. The summed E-state index contributed by atoms with van der Waals surface area (Å²) in [6.45, 7) is 9.11. The molecule has 2 fully saturated rings. The highest BCUT2D eigenvalue weighted by atomic mass is 16.5. The Morgan fingerprint density at radius 1 is 1.42 bits per heavy atom. The summed E-state index contributed by atoms with van der Waals surface area (Å²) in [6.07, 6.45) is 2.48. The Balaban J connectivity index is 1.71. The van der Waals surface area contributed by atoms with E-state index in [0.717, 1.165) is 45.6 Å². The fraction of sp³-hybridized carbons (Fsp3) is 0.929. The third-order valence-corrected chi connectivity index (χ3v) is 3.94. The zero-order chi connectivity index (χ0) is 13.9. The Morgan fingerprint density at radius 3 is 2.68 bits per heavy atom. The maximum Gasteiger partial charge on any atom is 0.236 e. The van der Waals surface area contributed by atoms with Gasteiger partial charge in [-0.25, -0.2) is 0 Å². The number of likely N-dealkylation sites (N-methyl/N-ethyl adjacent to an activating group) is 1. The van der Waals surface area contributed by atoms with Crippen LogP contribution in [-0.2, 0) is 9.53 Å². The maximum absolute atomic E-state index is 12.1. The molecule has 0 aromatic heterocycles. The van der Waals surface area contributed by atoms with Crippen LogP contribution < -0.4 is 5.32 Å². The first kappa shape index (κ1) is 14.8. The SMILES string of the molecule is CN(CC(=O)N1CCNCC1)CC1CCC(C)(C)O1. The Morgan fingerprint density at radius 2 is 2.11 bits per heavy atom. The molecule has 5 nitrogen and oxygen atoms in total. The fourth-order valence-electron chi connectivity index (χ4n) is 2.86. The number of nitrogens with zero attached hydrogens (tertiary/aromatic N) is 2. The normalized spacial score (nSPS) is 26.9. The molecule has 0 radical (unpaired) electrons. The zero-order valence-electron chi connectivity index (χ0n) is 12.4. The molecule has 0 spiro atoms. The standard InChI is InChI=1S/C14H27N3O2/c1-14(2)5-4-12(19-14)10-16(3)11-13(18)17-8-6-15-7-9-17/h12,15H,4-11H2,1-3H3. The summed E-state index contributed by atoms with van der Waals surface area (Å²) >= 11 is 0. The molecule has 1 unspecified atom stereocenters. The first-order valence-electron chi connectivity index (χ1n) is 7.31. The number of nitrogens with one attached hydrogen (secondary N) is 1. The first-order valence-corrected chi connectivity index (χ1v) is 7.31. The number of ether oxygens (including phenoxy) is 1. The number of carbonyl (C=O) groups is 1. The van der Waals surface area contributed by atoms with E-state index in [1.165, 1.54) is 0 Å². The first-order chi connectivity index (χ1) is 8.96. The van der Waals surface area contributed by atoms with E-state index < -0.39 is 0 Å². The number of piperazine rings is 1. The van der Waals surface area contributed by atoms with Crippen molar-refractivity contribution in [3.05, 3.63) is 0 Å². The smallest absolute Gasteiger partial charge is 0.236 e. The summed E-state index contributed by atoms with van der Waals surface area (Å²) in [6, 6.07) is 0. The molecule has 19 heavy (non-hydrogen) atoms. The lowest BCUT2D eigenvalue weighted by atomic mass is 10.1. The summed E-state index contributed by atoms with van der Waals surface area (Å²) in [4.78, 5) is 16.2. The average Bonchev–Trinajstić information content (AvgIpc) is 2.69. The molecule has 2 aliphatic rings. The number of amides is 1. The molecule has 0 aromatic carbocycles. The predicted molar refractivity (Wildman–Crippen MR) is 75.1 cm³/mol. The second kappa shape index (κ2) is 6.20. The second-order valence-electron chi connectivity index (χ2n) is 6.37. The van der Waals surface area contributed by atoms with Crippen LogP contribution in [0.25, 0.3) is 0 Å². The van der Waals surface area contributed by atoms with E-state index >= 15 is 0 Å². The highest BCUT2D eigenvalue weighted by molar-refractivity contribution is 5.78. The van der Waals surface area contributed by atoms with Gasteiger partial charge in [0.2, 0.25) is 5.91 Å². The van der Waals surface area contributed by atoms with Crippen molar-refractivity contribution in [2.45, 2.75) is 38.4 Å². The van der Waals surface area contributed by atoms with Crippen molar-refractivity contribution in [2.24, 2.45) is 0 Å². The molecule has 2 saturated heterocycles. The lowest BCUT2D eigenvalue weighted by molar-refractivity contribution is -0.133. The maximum atomic E-state index is 12.1. The molecule has 2 rings (SSSR count). The Bertz CT molecular complexity index is 314. The molecule has 2 heterocycles. The Labute approximate surface area is 116 Å². The van der Waals surface area contributed by atoms with E-state index in [0.29, 0.717) is 6.54 Å². The highest BCUT2D eigenvalue weighted by Crippen LogP contribution is 2.29. The Hall–Kier alpha value is -0.650. The topological polar surface area (TPSA) is 44.8 Å². The molecule has 0 aromatic rings. The molecule has 1 N–H and O–H groups in total. The van der Waals surface area contributed by atoms with Gasteiger partial charge in [-0.05, 0) is 33.7 Å². The van der Waals surface area contributed by atoms with Crippen LogP contribution in [0.3, 0.4) is 0 Å². The van der Waals surface area contributed by atoms with Gasteiger partial charge >= 0.3 is 0 Å². The van der Waals surface area contributed by atoms with E-state index in [1.807, 2.05) is 11.9 Å². The lowest BCUT2D eigenvalue weighted by Gasteiger charge is -2.30. The van der Waals surface area contributed by atoms with Crippen molar-refractivity contribution >= 4 is 5.91 Å². The lowest BCUT2D eigenvalue weighted by Crippen LogP contribution is -2.49. The van der Waals surface area contributed by atoms with Crippen LogP contribution in [0, 0.1) is 0 Å². The van der Waals surface area contributed by atoms with Crippen molar-refractivity contribution < 1.29 is 9.53 Å². The van der Waals surface area contributed by atoms with Crippen molar-refractivity contribution in [1.82, 2.24) is 15.1 Å². The van der Waals surface area contributed by atoms with Gasteiger partial charge in [0.15, 0.2) is 0 Å². The molecule has 5 heteroatoms. The van der Waals surface area contributed by atoms with Gasteiger partial charge in [0.25, 0.3) is 0 Å². The quantitative estimate of drug-likeness (QED) is 0.798. The summed E-state index contributed by atoms with van der Waals surface area (Å²) in [5.74, 6) is 0.237. The molecule has 1 amide bonds. The molecule has 0 saturated carbocycles. The van der Waals surface area contributed by atoms with Crippen molar-refractivity contribution in [2.75, 3.05) is 46.3 Å². The van der Waals surface area contributed by atoms with E-state index in [2.05, 4.69) is 24.1 Å². The summed E-state index contributed by atoms with van der Waals surface area (Å²) in [5, 5.41) is 3.26. The highest BCUT2D eigenvalue weighted by Gasteiger charge is 2.32. The average molecular weight is 269 g/mol. The number of carbonyl (C=O) groups excluding carboxylic acids is 1. The summed E-state index contributed by atoms with van der Waals surface area (Å²) in [7, 11) is 2.01. The van der Waals surface area contributed by atoms with Gasteiger partial charge in [0, 0.05) is 32.7 Å². The molecule has 0 aliphatic carbocycles. The van der Waals surface area contributed by atoms with Crippen molar-refractivity contribution in [3.63, 3.8) is 0 Å². The molecular formula is C14H27N3O2. The van der Waals surface area contributed by atoms with Crippen LogP contribution in [0.4, 0.5) is 0 Å². The number of hydrogen-bond donors (Lipinski definition) is 1. The fourth-order valence-corrected chi connectivity index (χ4v) is 2.86.